The zero-order valence-corrected chi connectivity index (χ0v) is 20.1. The summed E-state index contributed by atoms with van der Waals surface area (Å²) in [5, 5.41) is 11.9. The van der Waals surface area contributed by atoms with Crippen LogP contribution in [-0.2, 0) is 19.1 Å². The summed E-state index contributed by atoms with van der Waals surface area (Å²) >= 11 is 0. The van der Waals surface area contributed by atoms with Crippen molar-refractivity contribution in [1.29, 1.82) is 0 Å². The van der Waals surface area contributed by atoms with Gasteiger partial charge in [-0.25, -0.2) is 4.79 Å². The molecule has 1 heterocycles. The van der Waals surface area contributed by atoms with Gasteiger partial charge in [0.25, 0.3) is 0 Å². The summed E-state index contributed by atoms with van der Waals surface area (Å²) in [6, 6.07) is 15.4. The van der Waals surface area contributed by atoms with Crippen molar-refractivity contribution in [1.82, 2.24) is 10.2 Å². The van der Waals surface area contributed by atoms with E-state index in [-0.39, 0.29) is 36.7 Å². The number of carbonyl (C=O) groups is 3. The minimum Gasteiger partial charge on any atom is -0.481 e. The Morgan fingerprint density at radius 2 is 1.69 bits per heavy atom. The van der Waals surface area contributed by atoms with Gasteiger partial charge in [0.15, 0.2) is 0 Å². The molecule has 1 unspecified atom stereocenters. The number of hydrogen-bond donors (Lipinski definition) is 2. The highest BCUT2D eigenvalue weighted by Crippen LogP contribution is 2.44. The number of carboxylic acids is 1. The topological polar surface area (TPSA) is 105 Å². The molecule has 0 aromatic heterocycles. The van der Waals surface area contributed by atoms with Crippen molar-refractivity contribution in [2.45, 2.75) is 31.7 Å². The SMILES string of the molecule is COCCC(NC(=O)OCC1c2ccccc2-c2ccccc21)C(=O)N1C[C@@H](CC(=O)O)[C@H](C)C1. The van der Waals surface area contributed by atoms with E-state index in [0.29, 0.717) is 26.1 Å². The number of hydrogen-bond acceptors (Lipinski definition) is 5. The highest BCUT2D eigenvalue weighted by molar-refractivity contribution is 5.86. The van der Waals surface area contributed by atoms with Gasteiger partial charge in [-0.2, -0.15) is 0 Å². The molecule has 0 saturated carbocycles. The molecule has 8 heteroatoms. The van der Waals surface area contributed by atoms with Crippen LogP contribution in [0.15, 0.2) is 48.5 Å². The molecule has 0 radical (unpaired) electrons. The van der Waals surface area contributed by atoms with Crippen LogP contribution >= 0.6 is 0 Å². The van der Waals surface area contributed by atoms with Crippen LogP contribution in [0.4, 0.5) is 4.79 Å². The molecule has 2 aromatic rings. The van der Waals surface area contributed by atoms with Gasteiger partial charge in [0.1, 0.15) is 12.6 Å². The number of amides is 2. The molecule has 186 valence electrons. The molecule has 2 aliphatic rings. The molecule has 4 rings (SSSR count). The first-order chi connectivity index (χ1) is 16.9. The number of likely N-dealkylation sites (tertiary alicyclic amines) is 1. The second kappa shape index (κ2) is 10.9. The van der Waals surface area contributed by atoms with Crippen LogP contribution in [-0.4, -0.2) is 67.4 Å². The number of carbonyl (C=O) groups excluding carboxylic acids is 2. The minimum absolute atomic E-state index is 0.0213. The van der Waals surface area contributed by atoms with Crippen molar-refractivity contribution >= 4 is 18.0 Å². The molecule has 35 heavy (non-hydrogen) atoms. The van der Waals surface area contributed by atoms with Crippen molar-refractivity contribution in [2.75, 3.05) is 33.4 Å². The van der Waals surface area contributed by atoms with Crippen molar-refractivity contribution in [3.63, 3.8) is 0 Å². The van der Waals surface area contributed by atoms with E-state index in [4.69, 9.17) is 14.6 Å². The van der Waals surface area contributed by atoms with Crippen LogP contribution in [0, 0.1) is 11.8 Å². The lowest BCUT2D eigenvalue weighted by Crippen LogP contribution is -2.48. The van der Waals surface area contributed by atoms with Crippen LogP contribution < -0.4 is 5.32 Å². The van der Waals surface area contributed by atoms with Gasteiger partial charge in [-0.3, -0.25) is 9.59 Å². The largest absolute Gasteiger partial charge is 0.481 e. The lowest BCUT2D eigenvalue weighted by molar-refractivity contribution is -0.139. The van der Waals surface area contributed by atoms with Crippen molar-refractivity contribution < 1.29 is 29.0 Å². The van der Waals surface area contributed by atoms with Crippen LogP contribution in [0.1, 0.15) is 36.8 Å². The smallest absolute Gasteiger partial charge is 0.407 e. The van der Waals surface area contributed by atoms with Crippen LogP contribution in [0.2, 0.25) is 0 Å². The number of ether oxygens (including phenoxy) is 2. The van der Waals surface area contributed by atoms with Gasteiger partial charge in [0.2, 0.25) is 5.91 Å². The third-order valence-electron chi connectivity index (χ3n) is 7.06. The maximum absolute atomic E-state index is 13.2. The maximum Gasteiger partial charge on any atom is 0.407 e. The number of alkyl carbamates (subject to hydrolysis) is 1. The number of rotatable bonds is 9. The Bertz CT molecular complexity index is 1040. The van der Waals surface area contributed by atoms with E-state index in [1.807, 2.05) is 43.3 Å². The fourth-order valence-corrected chi connectivity index (χ4v) is 5.20. The molecule has 2 aromatic carbocycles. The van der Waals surface area contributed by atoms with Crippen LogP contribution in [0.5, 0.6) is 0 Å². The van der Waals surface area contributed by atoms with Gasteiger partial charge >= 0.3 is 12.1 Å². The lowest BCUT2D eigenvalue weighted by Gasteiger charge is -2.24. The molecule has 8 nitrogen and oxygen atoms in total. The molecule has 2 N–H and O–H groups in total. The first-order valence-electron chi connectivity index (χ1n) is 12.0. The Labute approximate surface area is 205 Å². The van der Waals surface area contributed by atoms with Gasteiger partial charge in [-0.15, -0.1) is 0 Å². The van der Waals surface area contributed by atoms with E-state index < -0.39 is 18.1 Å². The highest BCUT2D eigenvalue weighted by Gasteiger charge is 2.37. The Hall–Kier alpha value is -3.39. The zero-order chi connectivity index (χ0) is 24.9. The lowest BCUT2D eigenvalue weighted by atomic mass is 9.95. The number of benzene rings is 2. The van der Waals surface area contributed by atoms with E-state index in [2.05, 4.69) is 17.4 Å². The summed E-state index contributed by atoms with van der Waals surface area (Å²) in [4.78, 5) is 38.8. The predicted molar refractivity (Wildman–Crippen MR) is 130 cm³/mol. The fraction of sp³-hybridized carbons (Fsp3) is 0.444. The molecule has 1 fully saturated rings. The number of nitrogens with zero attached hydrogens (tertiary/aromatic N) is 1. The second-order valence-corrected chi connectivity index (χ2v) is 9.38. The van der Waals surface area contributed by atoms with Crippen LogP contribution in [0.25, 0.3) is 11.1 Å². The molecule has 1 saturated heterocycles. The molecule has 1 aliphatic carbocycles. The quantitative estimate of drug-likeness (QED) is 0.569. The van der Waals surface area contributed by atoms with Gasteiger partial charge < -0.3 is 24.8 Å². The Morgan fingerprint density at radius 1 is 1.06 bits per heavy atom. The van der Waals surface area contributed by atoms with E-state index in [0.717, 1.165) is 22.3 Å². The average Bonchev–Trinajstić information content (AvgIpc) is 3.37. The van der Waals surface area contributed by atoms with Crippen molar-refractivity contribution in [3.8, 4) is 11.1 Å². The number of fused-ring (bicyclic) bond motifs is 3. The number of nitrogens with one attached hydrogen (secondary N) is 1. The summed E-state index contributed by atoms with van der Waals surface area (Å²) < 4.78 is 10.8. The Balaban J connectivity index is 1.40. The molecule has 1 aliphatic heterocycles. The van der Waals surface area contributed by atoms with Gasteiger partial charge in [-0.1, -0.05) is 55.5 Å². The third kappa shape index (κ3) is 5.48. The zero-order valence-electron chi connectivity index (χ0n) is 20.1. The van der Waals surface area contributed by atoms with Crippen LogP contribution in [0.3, 0.4) is 0 Å². The average molecular weight is 481 g/mol. The third-order valence-corrected chi connectivity index (χ3v) is 7.06. The highest BCUT2D eigenvalue weighted by atomic mass is 16.5. The van der Waals surface area contributed by atoms with Gasteiger partial charge in [0.05, 0.1) is 6.42 Å². The van der Waals surface area contributed by atoms with E-state index in [1.165, 1.54) is 7.11 Å². The maximum atomic E-state index is 13.2. The summed E-state index contributed by atoms with van der Waals surface area (Å²) in [6.07, 6.45) is -0.336. The molecule has 0 bridgehead atoms. The summed E-state index contributed by atoms with van der Waals surface area (Å²) in [6.45, 7) is 3.23. The molecular formula is C27H32N2O6. The summed E-state index contributed by atoms with van der Waals surface area (Å²) in [7, 11) is 1.54. The van der Waals surface area contributed by atoms with Crippen molar-refractivity contribution in [3.05, 3.63) is 59.7 Å². The molecular weight excluding hydrogens is 448 g/mol. The predicted octanol–water partition coefficient (Wildman–Crippen LogP) is 3.50. The summed E-state index contributed by atoms with van der Waals surface area (Å²) in [5.74, 6) is -1.21. The minimum atomic E-state index is -0.871. The number of aliphatic carboxylic acids is 1. The van der Waals surface area contributed by atoms with Gasteiger partial charge in [0, 0.05) is 39.1 Å². The van der Waals surface area contributed by atoms with Crippen molar-refractivity contribution in [2.24, 2.45) is 11.8 Å². The monoisotopic (exact) mass is 480 g/mol. The van der Waals surface area contributed by atoms with E-state index in [1.54, 1.807) is 4.90 Å². The normalized spacial score (nSPS) is 19.7. The Kier molecular flexibility index (Phi) is 7.70. The molecule has 3 atom stereocenters. The number of methoxy groups -OCH3 is 1. The van der Waals surface area contributed by atoms with E-state index >= 15 is 0 Å². The number of carboxylic acid groups (broad SMARTS) is 1. The van der Waals surface area contributed by atoms with E-state index in [9.17, 15) is 14.4 Å². The first kappa shape index (κ1) is 24.7. The Morgan fingerprint density at radius 3 is 2.29 bits per heavy atom. The molecule has 0 spiro atoms. The standard InChI is InChI=1S/C27H32N2O6/c1-17-14-29(15-18(17)13-25(30)31)26(32)24(11-12-34-2)28-27(33)35-16-23-21-9-5-3-7-19(21)20-8-4-6-10-22(20)23/h3-10,17-18,23-24H,11-16H2,1-2H3,(H,28,33)(H,30,31)/t17-,18-,24?/m1/s1. The first-order valence-corrected chi connectivity index (χ1v) is 12.0. The fourth-order valence-electron chi connectivity index (χ4n) is 5.20. The van der Waals surface area contributed by atoms with Gasteiger partial charge in [-0.05, 0) is 34.1 Å². The summed E-state index contributed by atoms with van der Waals surface area (Å²) in [5.41, 5.74) is 4.52. The second-order valence-electron chi connectivity index (χ2n) is 9.38. The molecule has 2 amide bonds.